The van der Waals surface area contributed by atoms with Crippen molar-refractivity contribution in [3.05, 3.63) is 29.6 Å². The summed E-state index contributed by atoms with van der Waals surface area (Å²) in [4.78, 5) is 14.1. The third-order valence-corrected chi connectivity index (χ3v) is 4.20. The predicted molar refractivity (Wildman–Crippen MR) is 86.6 cm³/mol. The Balaban J connectivity index is 1.98. The highest BCUT2D eigenvalue weighted by Gasteiger charge is 2.42. The zero-order valence-corrected chi connectivity index (χ0v) is 14.7. The summed E-state index contributed by atoms with van der Waals surface area (Å²) in [6.07, 6.45) is -3.43. The molecule has 1 fully saturated rings. The second-order valence-electron chi connectivity index (χ2n) is 5.90. The number of nitrogens with zero attached hydrogens (tertiary/aromatic N) is 5. The second kappa shape index (κ2) is 7.51. The SMILES string of the molecule is CC[C@@H]1CN(C(=O)c2cnn(-c3ccc(OC)nn3)c2C(F)(F)F)CCO1. The number of morpholine rings is 1. The molecule has 1 aliphatic rings. The molecule has 0 bridgehead atoms. The van der Waals surface area contributed by atoms with E-state index in [-0.39, 0.29) is 37.5 Å². The maximum absolute atomic E-state index is 13.7. The molecule has 0 N–H and O–H groups in total. The maximum atomic E-state index is 13.7. The zero-order chi connectivity index (χ0) is 19.6. The van der Waals surface area contributed by atoms with Crippen molar-refractivity contribution in [2.45, 2.75) is 25.6 Å². The van der Waals surface area contributed by atoms with E-state index in [2.05, 4.69) is 15.3 Å². The maximum Gasteiger partial charge on any atom is 0.434 e. The molecule has 1 amide bonds. The van der Waals surface area contributed by atoms with Crippen molar-refractivity contribution in [1.29, 1.82) is 0 Å². The third-order valence-electron chi connectivity index (χ3n) is 4.20. The Morgan fingerprint density at radius 3 is 2.74 bits per heavy atom. The third kappa shape index (κ3) is 3.87. The largest absolute Gasteiger partial charge is 0.480 e. The van der Waals surface area contributed by atoms with Crippen molar-refractivity contribution < 1.29 is 27.4 Å². The molecule has 0 aromatic carbocycles. The fourth-order valence-electron chi connectivity index (χ4n) is 2.81. The number of halogens is 3. The van der Waals surface area contributed by atoms with Crippen LogP contribution in [0.25, 0.3) is 5.82 Å². The number of carbonyl (C=O) groups is 1. The molecule has 3 heterocycles. The molecule has 0 unspecified atom stereocenters. The molecule has 11 heteroatoms. The summed E-state index contributed by atoms with van der Waals surface area (Å²) in [5.41, 5.74) is -1.72. The molecule has 1 saturated heterocycles. The normalized spacial score (nSPS) is 17.8. The lowest BCUT2D eigenvalue weighted by Gasteiger charge is -2.32. The molecule has 0 saturated carbocycles. The van der Waals surface area contributed by atoms with Crippen molar-refractivity contribution in [2.75, 3.05) is 26.8 Å². The first-order chi connectivity index (χ1) is 12.8. The number of rotatable bonds is 4. The van der Waals surface area contributed by atoms with E-state index in [1.165, 1.54) is 24.1 Å². The van der Waals surface area contributed by atoms with E-state index in [1.54, 1.807) is 0 Å². The molecular weight excluding hydrogens is 367 g/mol. The Morgan fingerprint density at radius 1 is 1.37 bits per heavy atom. The Kier molecular flexibility index (Phi) is 5.31. The number of aromatic nitrogens is 4. The van der Waals surface area contributed by atoms with Crippen LogP contribution in [0.5, 0.6) is 5.88 Å². The van der Waals surface area contributed by atoms with Crippen LogP contribution in [0.1, 0.15) is 29.4 Å². The lowest BCUT2D eigenvalue weighted by Crippen LogP contribution is -2.45. The topological polar surface area (TPSA) is 82.4 Å². The first kappa shape index (κ1) is 19.1. The summed E-state index contributed by atoms with van der Waals surface area (Å²) < 4.78 is 52.0. The van der Waals surface area contributed by atoms with Crippen LogP contribution in [-0.4, -0.2) is 63.7 Å². The average Bonchev–Trinajstić information content (AvgIpc) is 3.13. The van der Waals surface area contributed by atoms with Gasteiger partial charge in [-0.2, -0.15) is 18.3 Å². The molecule has 146 valence electrons. The fourth-order valence-corrected chi connectivity index (χ4v) is 2.81. The van der Waals surface area contributed by atoms with Crippen molar-refractivity contribution in [1.82, 2.24) is 24.9 Å². The average molecular weight is 385 g/mol. The fraction of sp³-hybridized carbons (Fsp3) is 0.500. The lowest BCUT2D eigenvalue weighted by atomic mass is 10.1. The highest BCUT2D eigenvalue weighted by atomic mass is 19.4. The number of hydrogen-bond acceptors (Lipinski definition) is 6. The summed E-state index contributed by atoms with van der Waals surface area (Å²) in [6.45, 7) is 2.63. The van der Waals surface area contributed by atoms with Gasteiger partial charge in [-0.3, -0.25) is 4.79 Å². The van der Waals surface area contributed by atoms with E-state index in [4.69, 9.17) is 9.47 Å². The summed E-state index contributed by atoms with van der Waals surface area (Å²) in [7, 11) is 1.36. The minimum absolute atomic E-state index is 0.148. The highest BCUT2D eigenvalue weighted by Crippen LogP contribution is 2.34. The van der Waals surface area contributed by atoms with Crippen molar-refractivity contribution >= 4 is 5.91 Å². The summed E-state index contributed by atoms with van der Waals surface area (Å²) in [6, 6.07) is 2.64. The minimum atomic E-state index is -4.81. The van der Waals surface area contributed by atoms with Gasteiger partial charge in [0.2, 0.25) is 5.88 Å². The van der Waals surface area contributed by atoms with E-state index in [0.717, 1.165) is 6.20 Å². The number of carbonyl (C=O) groups excluding carboxylic acids is 1. The number of hydrogen-bond donors (Lipinski definition) is 0. The van der Waals surface area contributed by atoms with Crippen molar-refractivity contribution in [3.8, 4) is 11.7 Å². The first-order valence-corrected chi connectivity index (χ1v) is 8.29. The predicted octanol–water partition coefficient (Wildman–Crippen LogP) is 1.94. The van der Waals surface area contributed by atoms with Crippen LogP contribution in [-0.2, 0) is 10.9 Å². The van der Waals surface area contributed by atoms with Gasteiger partial charge in [0, 0.05) is 19.2 Å². The van der Waals surface area contributed by atoms with E-state index in [0.29, 0.717) is 11.1 Å². The van der Waals surface area contributed by atoms with Crippen LogP contribution in [0.2, 0.25) is 0 Å². The van der Waals surface area contributed by atoms with E-state index in [1.807, 2.05) is 6.92 Å². The quantitative estimate of drug-likeness (QED) is 0.800. The van der Waals surface area contributed by atoms with Crippen LogP contribution >= 0.6 is 0 Å². The molecule has 0 radical (unpaired) electrons. The number of alkyl halides is 3. The number of methoxy groups -OCH3 is 1. The van der Waals surface area contributed by atoms with Gasteiger partial charge < -0.3 is 14.4 Å². The Bertz CT molecular complexity index is 807. The molecule has 0 spiro atoms. The molecule has 2 aromatic rings. The van der Waals surface area contributed by atoms with Gasteiger partial charge >= 0.3 is 6.18 Å². The smallest absolute Gasteiger partial charge is 0.434 e. The van der Waals surface area contributed by atoms with Gasteiger partial charge in [0.05, 0.1) is 31.6 Å². The molecule has 2 aromatic heterocycles. The van der Waals surface area contributed by atoms with E-state index in [9.17, 15) is 18.0 Å². The second-order valence-corrected chi connectivity index (χ2v) is 5.90. The van der Waals surface area contributed by atoms with Gasteiger partial charge in [0.25, 0.3) is 5.91 Å². The number of ether oxygens (including phenoxy) is 2. The minimum Gasteiger partial charge on any atom is -0.480 e. The van der Waals surface area contributed by atoms with Gasteiger partial charge in [0.1, 0.15) is 0 Å². The van der Waals surface area contributed by atoms with E-state index >= 15 is 0 Å². The van der Waals surface area contributed by atoms with Gasteiger partial charge in [-0.15, -0.1) is 10.2 Å². The van der Waals surface area contributed by atoms with Gasteiger partial charge in [-0.05, 0) is 12.5 Å². The molecule has 1 atom stereocenters. The summed E-state index contributed by atoms with van der Waals surface area (Å²) >= 11 is 0. The summed E-state index contributed by atoms with van der Waals surface area (Å²) in [5, 5.41) is 11.1. The van der Waals surface area contributed by atoms with Gasteiger partial charge in [-0.25, -0.2) is 4.68 Å². The van der Waals surface area contributed by atoms with Crippen LogP contribution in [0.3, 0.4) is 0 Å². The molecule has 3 rings (SSSR count). The van der Waals surface area contributed by atoms with Crippen LogP contribution in [0, 0.1) is 0 Å². The highest BCUT2D eigenvalue weighted by molar-refractivity contribution is 5.95. The molecule has 1 aliphatic heterocycles. The van der Waals surface area contributed by atoms with Crippen LogP contribution in [0.4, 0.5) is 13.2 Å². The molecule has 0 aliphatic carbocycles. The first-order valence-electron chi connectivity index (χ1n) is 8.29. The monoisotopic (exact) mass is 385 g/mol. The van der Waals surface area contributed by atoms with E-state index < -0.39 is 23.3 Å². The standard InChI is InChI=1S/C16H18F3N5O3/c1-3-10-9-23(6-7-27-10)15(25)11-8-20-24(14(11)16(17,18)19)12-4-5-13(26-2)22-21-12/h4-5,8,10H,3,6-7,9H2,1-2H3/t10-/m1/s1. The lowest BCUT2D eigenvalue weighted by molar-refractivity contribution is -0.143. The Labute approximate surface area is 152 Å². The van der Waals surface area contributed by atoms with Crippen LogP contribution in [0.15, 0.2) is 18.3 Å². The van der Waals surface area contributed by atoms with Gasteiger partial charge in [0.15, 0.2) is 11.5 Å². The number of amides is 1. The van der Waals surface area contributed by atoms with Gasteiger partial charge in [-0.1, -0.05) is 6.92 Å². The zero-order valence-electron chi connectivity index (χ0n) is 14.7. The van der Waals surface area contributed by atoms with Crippen molar-refractivity contribution in [2.24, 2.45) is 0 Å². The molecule has 8 nitrogen and oxygen atoms in total. The molecular formula is C16H18F3N5O3. The summed E-state index contributed by atoms with van der Waals surface area (Å²) in [5.74, 6) is -0.762. The van der Waals surface area contributed by atoms with Crippen molar-refractivity contribution in [3.63, 3.8) is 0 Å². The molecule has 27 heavy (non-hydrogen) atoms. The van der Waals surface area contributed by atoms with Crippen LogP contribution < -0.4 is 4.74 Å². The Morgan fingerprint density at radius 2 is 2.15 bits per heavy atom. The Hall–Kier alpha value is -2.69.